The normalized spacial score (nSPS) is 10.7. The molecule has 0 spiro atoms. The molecule has 0 unspecified atom stereocenters. The molecule has 0 aliphatic heterocycles. The minimum Gasteiger partial charge on any atom is -0.352 e. The highest BCUT2D eigenvalue weighted by Gasteiger charge is 2.04. The Morgan fingerprint density at radius 2 is 1.85 bits per heavy atom. The van der Waals surface area contributed by atoms with Crippen LogP contribution in [0.2, 0.25) is 0 Å². The second kappa shape index (κ2) is 9.37. The van der Waals surface area contributed by atoms with E-state index >= 15 is 0 Å². The van der Waals surface area contributed by atoms with Gasteiger partial charge in [0, 0.05) is 23.6 Å². The molecule has 1 N–H and O–H groups in total. The van der Waals surface area contributed by atoms with Gasteiger partial charge in [0.05, 0.1) is 6.54 Å². The SMILES string of the molecule is Cc1ccc(SCCC(=O)NCc2ccc(Cn3cncn3)cc2)cc1C. The predicted octanol–water partition coefficient (Wildman–Crippen LogP) is 3.74. The first-order chi connectivity index (χ1) is 13.1. The van der Waals surface area contributed by atoms with E-state index in [-0.39, 0.29) is 5.91 Å². The molecule has 1 heterocycles. The van der Waals surface area contributed by atoms with Crippen molar-refractivity contribution >= 4 is 17.7 Å². The fourth-order valence-corrected chi connectivity index (χ4v) is 3.57. The van der Waals surface area contributed by atoms with Gasteiger partial charge in [0.15, 0.2) is 0 Å². The molecule has 3 rings (SSSR count). The Hall–Kier alpha value is -2.60. The Balaban J connectivity index is 1.39. The lowest BCUT2D eigenvalue weighted by Gasteiger charge is -2.08. The average molecular weight is 381 g/mol. The van der Waals surface area contributed by atoms with Gasteiger partial charge in [-0.15, -0.1) is 11.8 Å². The van der Waals surface area contributed by atoms with Gasteiger partial charge in [-0.3, -0.25) is 4.79 Å². The van der Waals surface area contributed by atoms with Crippen LogP contribution in [0.15, 0.2) is 60.0 Å². The number of thioether (sulfide) groups is 1. The number of carbonyl (C=O) groups excluding carboxylic acids is 1. The maximum atomic E-state index is 12.1. The van der Waals surface area contributed by atoms with E-state index in [0.29, 0.717) is 19.5 Å². The lowest BCUT2D eigenvalue weighted by molar-refractivity contribution is -0.120. The number of hydrogen-bond acceptors (Lipinski definition) is 4. The molecule has 27 heavy (non-hydrogen) atoms. The van der Waals surface area contributed by atoms with Gasteiger partial charge in [-0.05, 0) is 48.2 Å². The van der Waals surface area contributed by atoms with Crippen molar-refractivity contribution in [2.75, 3.05) is 5.75 Å². The topological polar surface area (TPSA) is 59.8 Å². The zero-order chi connectivity index (χ0) is 19.1. The zero-order valence-corrected chi connectivity index (χ0v) is 16.5. The third kappa shape index (κ3) is 5.96. The van der Waals surface area contributed by atoms with Crippen LogP contribution in [-0.2, 0) is 17.9 Å². The van der Waals surface area contributed by atoms with Crippen LogP contribution >= 0.6 is 11.8 Å². The molecule has 0 aliphatic carbocycles. The summed E-state index contributed by atoms with van der Waals surface area (Å²) in [6.45, 7) is 5.47. The second-order valence-electron chi connectivity index (χ2n) is 6.53. The summed E-state index contributed by atoms with van der Waals surface area (Å²) in [4.78, 5) is 17.2. The quantitative estimate of drug-likeness (QED) is 0.605. The summed E-state index contributed by atoms with van der Waals surface area (Å²) < 4.78 is 1.78. The van der Waals surface area contributed by atoms with Crippen LogP contribution in [0.1, 0.15) is 28.7 Å². The molecule has 140 valence electrons. The van der Waals surface area contributed by atoms with Gasteiger partial charge in [0.1, 0.15) is 12.7 Å². The molecule has 0 radical (unpaired) electrons. The Morgan fingerprint density at radius 3 is 2.56 bits per heavy atom. The first-order valence-corrected chi connectivity index (χ1v) is 9.96. The monoisotopic (exact) mass is 380 g/mol. The van der Waals surface area contributed by atoms with E-state index in [1.165, 1.54) is 22.3 Å². The molecule has 0 saturated heterocycles. The third-order valence-corrected chi connectivity index (χ3v) is 5.40. The van der Waals surface area contributed by atoms with E-state index in [1.54, 1.807) is 22.8 Å². The van der Waals surface area contributed by atoms with E-state index in [9.17, 15) is 4.79 Å². The van der Waals surface area contributed by atoms with Gasteiger partial charge in [-0.2, -0.15) is 5.10 Å². The lowest BCUT2D eigenvalue weighted by atomic mass is 10.1. The summed E-state index contributed by atoms with van der Waals surface area (Å²) in [6.07, 6.45) is 3.74. The molecular weight excluding hydrogens is 356 g/mol. The zero-order valence-electron chi connectivity index (χ0n) is 15.7. The predicted molar refractivity (Wildman–Crippen MR) is 109 cm³/mol. The standard InChI is InChI=1S/C21H24N4OS/c1-16-3-8-20(11-17(16)2)27-10-9-21(26)23-12-18-4-6-19(7-5-18)13-25-15-22-14-24-25/h3-8,11,14-15H,9-10,12-13H2,1-2H3,(H,23,26). The molecular formula is C21H24N4OS. The fraction of sp³-hybridized carbons (Fsp3) is 0.286. The molecule has 0 bridgehead atoms. The van der Waals surface area contributed by atoms with Gasteiger partial charge >= 0.3 is 0 Å². The molecule has 5 nitrogen and oxygen atoms in total. The van der Waals surface area contributed by atoms with Crippen molar-refractivity contribution in [3.63, 3.8) is 0 Å². The summed E-state index contributed by atoms with van der Waals surface area (Å²) in [5.41, 5.74) is 4.83. The molecule has 0 saturated carbocycles. The fourth-order valence-electron chi connectivity index (χ4n) is 2.62. The van der Waals surface area contributed by atoms with Crippen LogP contribution in [0.25, 0.3) is 0 Å². The summed E-state index contributed by atoms with van der Waals surface area (Å²) in [6, 6.07) is 14.6. The molecule has 2 aromatic carbocycles. The average Bonchev–Trinajstić information content (AvgIpc) is 3.17. The second-order valence-corrected chi connectivity index (χ2v) is 7.70. The van der Waals surface area contributed by atoms with Crippen molar-refractivity contribution in [1.82, 2.24) is 20.1 Å². The molecule has 6 heteroatoms. The van der Waals surface area contributed by atoms with Crippen molar-refractivity contribution in [1.29, 1.82) is 0 Å². The van der Waals surface area contributed by atoms with Gasteiger partial charge in [-0.1, -0.05) is 30.3 Å². The molecule has 3 aromatic rings. The molecule has 0 aliphatic rings. The number of benzene rings is 2. The maximum absolute atomic E-state index is 12.1. The molecule has 0 fully saturated rings. The van der Waals surface area contributed by atoms with Crippen LogP contribution in [0.3, 0.4) is 0 Å². The first-order valence-electron chi connectivity index (χ1n) is 8.97. The summed E-state index contributed by atoms with van der Waals surface area (Å²) >= 11 is 1.72. The molecule has 0 atom stereocenters. The number of nitrogens with zero attached hydrogens (tertiary/aromatic N) is 3. The minimum atomic E-state index is 0.0815. The van der Waals surface area contributed by atoms with Crippen molar-refractivity contribution < 1.29 is 4.79 Å². The summed E-state index contributed by atoms with van der Waals surface area (Å²) in [5, 5.41) is 7.09. The highest BCUT2D eigenvalue weighted by molar-refractivity contribution is 7.99. The largest absolute Gasteiger partial charge is 0.352 e. The third-order valence-electron chi connectivity index (χ3n) is 4.40. The van der Waals surface area contributed by atoms with E-state index in [1.807, 2.05) is 12.1 Å². The van der Waals surface area contributed by atoms with Crippen LogP contribution in [0, 0.1) is 13.8 Å². The Kier molecular flexibility index (Phi) is 6.65. The molecule has 1 amide bonds. The number of hydrogen-bond donors (Lipinski definition) is 1. The van der Waals surface area contributed by atoms with E-state index < -0.39 is 0 Å². The van der Waals surface area contributed by atoms with Gasteiger partial charge in [-0.25, -0.2) is 9.67 Å². The van der Waals surface area contributed by atoms with Gasteiger partial charge < -0.3 is 5.32 Å². The highest BCUT2D eigenvalue weighted by Crippen LogP contribution is 2.21. The Bertz CT molecular complexity index is 876. The minimum absolute atomic E-state index is 0.0815. The van der Waals surface area contributed by atoms with Crippen molar-refractivity contribution in [2.24, 2.45) is 0 Å². The van der Waals surface area contributed by atoms with Gasteiger partial charge in [0.25, 0.3) is 0 Å². The lowest BCUT2D eigenvalue weighted by Crippen LogP contribution is -2.23. The van der Waals surface area contributed by atoms with E-state index in [2.05, 4.69) is 59.6 Å². The van der Waals surface area contributed by atoms with Crippen molar-refractivity contribution in [3.05, 3.63) is 77.4 Å². The first kappa shape index (κ1) is 19.2. The highest BCUT2D eigenvalue weighted by atomic mass is 32.2. The van der Waals surface area contributed by atoms with Crippen LogP contribution in [0.4, 0.5) is 0 Å². The van der Waals surface area contributed by atoms with Crippen LogP contribution in [-0.4, -0.2) is 26.4 Å². The Labute approximate surface area is 164 Å². The number of carbonyl (C=O) groups is 1. The van der Waals surface area contributed by atoms with Crippen LogP contribution in [0.5, 0.6) is 0 Å². The van der Waals surface area contributed by atoms with Crippen molar-refractivity contribution in [3.8, 4) is 0 Å². The number of aromatic nitrogens is 3. The number of amides is 1. The molecule has 1 aromatic heterocycles. The maximum Gasteiger partial charge on any atom is 0.221 e. The van der Waals surface area contributed by atoms with Crippen molar-refractivity contribution in [2.45, 2.75) is 38.3 Å². The summed E-state index contributed by atoms with van der Waals surface area (Å²) in [5.74, 6) is 0.864. The van der Waals surface area contributed by atoms with E-state index in [0.717, 1.165) is 16.9 Å². The smallest absolute Gasteiger partial charge is 0.221 e. The van der Waals surface area contributed by atoms with Crippen LogP contribution < -0.4 is 5.32 Å². The van der Waals surface area contributed by atoms with E-state index in [4.69, 9.17) is 0 Å². The number of nitrogens with one attached hydrogen (secondary N) is 1. The number of aryl methyl sites for hydroxylation is 2. The van der Waals surface area contributed by atoms with Gasteiger partial charge in [0.2, 0.25) is 5.91 Å². The summed E-state index contributed by atoms with van der Waals surface area (Å²) in [7, 11) is 0. The number of rotatable bonds is 8. The Morgan fingerprint density at radius 1 is 1.07 bits per heavy atom.